The molecule has 1 aliphatic heterocycles. The topological polar surface area (TPSA) is 82.3 Å². The van der Waals surface area contributed by atoms with Gasteiger partial charge in [-0.25, -0.2) is 5.43 Å². The second-order valence-electron chi connectivity index (χ2n) is 6.80. The normalized spacial score (nSPS) is 12.4. The number of amides is 1. The van der Waals surface area contributed by atoms with Crippen molar-refractivity contribution in [1.29, 1.82) is 0 Å². The minimum absolute atomic E-state index is 0.149. The van der Waals surface area contributed by atoms with Gasteiger partial charge in [-0.1, -0.05) is 6.07 Å². The molecule has 0 bridgehead atoms. The van der Waals surface area contributed by atoms with Gasteiger partial charge in [-0.05, 0) is 77.3 Å². The van der Waals surface area contributed by atoms with Crippen LogP contribution >= 0.6 is 15.9 Å². The van der Waals surface area contributed by atoms with Gasteiger partial charge in [0.2, 0.25) is 6.79 Å². The fourth-order valence-electron chi connectivity index (χ4n) is 3.00. The number of rotatable bonds is 6. The number of ether oxygens (including phenoxy) is 3. The highest BCUT2D eigenvalue weighted by atomic mass is 79.9. The molecule has 0 saturated carbocycles. The molecule has 0 saturated heterocycles. The molecule has 0 unspecified atom stereocenters. The SMILES string of the molecule is Cc1cc(C)cc(OCc2ccc(C(=O)NN=Cc3cc4c(cc3Br)OCO4)o2)c1. The molecule has 0 atom stereocenters. The molecule has 30 heavy (non-hydrogen) atoms. The van der Waals surface area contributed by atoms with Crippen molar-refractivity contribution in [2.75, 3.05) is 6.79 Å². The Morgan fingerprint density at radius 3 is 2.63 bits per heavy atom. The summed E-state index contributed by atoms with van der Waals surface area (Å²) in [6.45, 7) is 4.44. The van der Waals surface area contributed by atoms with Crippen LogP contribution in [0.4, 0.5) is 0 Å². The quantitative estimate of drug-likeness (QED) is 0.415. The lowest BCUT2D eigenvalue weighted by Gasteiger charge is -2.06. The summed E-state index contributed by atoms with van der Waals surface area (Å²) in [5.41, 5.74) is 5.43. The predicted molar refractivity (Wildman–Crippen MR) is 114 cm³/mol. The van der Waals surface area contributed by atoms with Crippen molar-refractivity contribution in [3.8, 4) is 17.2 Å². The fraction of sp³-hybridized carbons (Fsp3) is 0.182. The maximum atomic E-state index is 12.3. The van der Waals surface area contributed by atoms with E-state index in [1.807, 2.05) is 26.0 Å². The first-order valence-electron chi connectivity index (χ1n) is 9.20. The van der Waals surface area contributed by atoms with Gasteiger partial charge in [0.25, 0.3) is 0 Å². The largest absolute Gasteiger partial charge is 0.486 e. The number of hydrogen-bond acceptors (Lipinski definition) is 6. The molecule has 2 aromatic carbocycles. The number of benzene rings is 2. The van der Waals surface area contributed by atoms with E-state index in [4.69, 9.17) is 18.6 Å². The van der Waals surface area contributed by atoms with E-state index in [1.165, 1.54) is 6.21 Å². The molecule has 7 nitrogen and oxygen atoms in total. The zero-order valence-corrected chi connectivity index (χ0v) is 18.0. The van der Waals surface area contributed by atoms with Crippen molar-refractivity contribution in [1.82, 2.24) is 5.43 Å². The Kier molecular flexibility index (Phi) is 5.76. The first-order valence-corrected chi connectivity index (χ1v) is 9.99. The van der Waals surface area contributed by atoms with Crippen LogP contribution in [-0.4, -0.2) is 18.9 Å². The average molecular weight is 471 g/mol. The summed E-state index contributed by atoms with van der Waals surface area (Å²) in [5.74, 6) is 2.28. The van der Waals surface area contributed by atoms with E-state index in [-0.39, 0.29) is 19.2 Å². The Morgan fingerprint density at radius 2 is 1.87 bits per heavy atom. The molecule has 0 radical (unpaired) electrons. The monoisotopic (exact) mass is 470 g/mol. The lowest BCUT2D eigenvalue weighted by molar-refractivity contribution is 0.0923. The number of furan rings is 1. The Hall–Kier alpha value is -3.26. The number of nitrogens with one attached hydrogen (secondary N) is 1. The summed E-state index contributed by atoms with van der Waals surface area (Å²) in [6, 6.07) is 12.8. The Morgan fingerprint density at radius 1 is 1.13 bits per heavy atom. The summed E-state index contributed by atoms with van der Waals surface area (Å²) < 4.78 is 22.7. The maximum Gasteiger partial charge on any atom is 0.307 e. The van der Waals surface area contributed by atoms with Gasteiger partial charge in [0, 0.05) is 10.0 Å². The summed E-state index contributed by atoms with van der Waals surface area (Å²) in [4.78, 5) is 12.3. The van der Waals surface area contributed by atoms with Gasteiger partial charge < -0.3 is 18.6 Å². The smallest absolute Gasteiger partial charge is 0.307 e. The fourth-order valence-corrected chi connectivity index (χ4v) is 3.42. The molecular weight excluding hydrogens is 452 g/mol. The molecule has 8 heteroatoms. The molecule has 154 valence electrons. The number of nitrogens with zero attached hydrogens (tertiary/aromatic N) is 1. The maximum absolute atomic E-state index is 12.3. The van der Waals surface area contributed by atoms with Crippen LogP contribution in [0.15, 0.2) is 56.5 Å². The third-order valence-corrected chi connectivity index (χ3v) is 5.01. The summed E-state index contributed by atoms with van der Waals surface area (Å²) in [5, 5.41) is 3.98. The number of carbonyl (C=O) groups excluding carboxylic acids is 1. The van der Waals surface area contributed by atoms with Crippen LogP contribution in [0.3, 0.4) is 0 Å². The number of carbonyl (C=O) groups is 1. The molecule has 0 aliphatic carbocycles. The highest BCUT2D eigenvalue weighted by Crippen LogP contribution is 2.36. The third kappa shape index (κ3) is 4.65. The molecule has 1 N–H and O–H groups in total. The van der Waals surface area contributed by atoms with Crippen LogP contribution in [-0.2, 0) is 6.61 Å². The lowest BCUT2D eigenvalue weighted by Crippen LogP contribution is -2.16. The molecule has 0 spiro atoms. The zero-order chi connectivity index (χ0) is 21.1. The summed E-state index contributed by atoms with van der Waals surface area (Å²) >= 11 is 3.44. The summed E-state index contributed by atoms with van der Waals surface area (Å²) in [7, 11) is 0. The van der Waals surface area contributed by atoms with E-state index in [1.54, 1.807) is 24.3 Å². The standard InChI is InChI=1S/C22H19BrN2O5/c1-13-5-14(2)7-17(6-13)27-11-16-3-4-19(30-16)22(26)25-24-10-15-8-20-21(9-18(15)23)29-12-28-20/h3-10H,11-12H2,1-2H3,(H,25,26). The van der Waals surface area contributed by atoms with Gasteiger partial charge >= 0.3 is 5.91 Å². The molecule has 0 fully saturated rings. The van der Waals surface area contributed by atoms with Gasteiger partial charge in [-0.3, -0.25) is 4.79 Å². The first kappa shape index (κ1) is 20.0. The van der Waals surface area contributed by atoms with Crippen LogP contribution in [0.25, 0.3) is 0 Å². The van der Waals surface area contributed by atoms with Crippen LogP contribution < -0.4 is 19.6 Å². The average Bonchev–Trinajstić information content (AvgIpc) is 3.35. The number of hydrogen-bond donors (Lipinski definition) is 1. The number of aryl methyl sites for hydroxylation is 2. The Labute approximate surface area is 181 Å². The Bertz CT molecular complexity index is 1100. The molecule has 4 rings (SSSR count). The van der Waals surface area contributed by atoms with Gasteiger partial charge in [0.1, 0.15) is 18.1 Å². The second-order valence-corrected chi connectivity index (χ2v) is 7.66. The number of halogens is 1. The van der Waals surface area contributed by atoms with E-state index in [9.17, 15) is 4.79 Å². The number of hydrazone groups is 1. The predicted octanol–water partition coefficient (Wildman–Crippen LogP) is 4.73. The molecular formula is C22H19BrN2O5. The lowest BCUT2D eigenvalue weighted by atomic mass is 10.1. The van der Waals surface area contributed by atoms with Gasteiger partial charge in [0.15, 0.2) is 17.3 Å². The van der Waals surface area contributed by atoms with Crippen LogP contribution in [0.2, 0.25) is 0 Å². The molecule has 2 heterocycles. The third-order valence-electron chi connectivity index (χ3n) is 4.32. The van der Waals surface area contributed by atoms with Crippen molar-refractivity contribution in [3.05, 3.63) is 75.1 Å². The summed E-state index contributed by atoms with van der Waals surface area (Å²) in [6.07, 6.45) is 1.51. The zero-order valence-electron chi connectivity index (χ0n) is 16.4. The minimum Gasteiger partial charge on any atom is -0.486 e. The van der Waals surface area contributed by atoms with Crippen molar-refractivity contribution in [2.24, 2.45) is 5.10 Å². The Balaban J connectivity index is 1.34. The molecule has 1 aliphatic rings. The van der Waals surface area contributed by atoms with Gasteiger partial charge in [-0.15, -0.1) is 0 Å². The van der Waals surface area contributed by atoms with Crippen molar-refractivity contribution in [2.45, 2.75) is 20.5 Å². The van der Waals surface area contributed by atoms with E-state index in [2.05, 4.69) is 32.5 Å². The van der Waals surface area contributed by atoms with E-state index >= 15 is 0 Å². The van der Waals surface area contributed by atoms with Crippen molar-refractivity contribution >= 4 is 28.1 Å². The second kappa shape index (κ2) is 8.62. The highest BCUT2D eigenvalue weighted by Gasteiger charge is 2.16. The van der Waals surface area contributed by atoms with Crippen LogP contribution in [0, 0.1) is 13.8 Å². The van der Waals surface area contributed by atoms with Crippen LogP contribution in [0.1, 0.15) is 33.0 Å². The van der Waals surface area contributed by atoms with E-state index < -0.39 is 5.91 Å². The number of fused-ring (bicyclic) bond motifs is 1. The molecule has 3 aromatic rings. The van der Waals surface area contributed by atoms with Gasteiger partial charge in [-0.2, -0.15) is 5.10 Å². The van der Waals surface area contributed by atoms with Crippen molar-refractivity contribution < 1.29 is 23.4 Å². The molecule has 1 aromatic heterocycles. The molecule has 1 amide bonds. The van der Waals surface area contributed by atoms with Crippen molar-refractivity contribution in [3.63, 3.8) is 0 Å². The first-order chi connectivity index (χ1) is 14.5. The highest BCUT2D eigenvalue weighted by molar-refractivity contribution is 9.10. The van der Waals surface area contributed by atoms with E-state index in [0.29, 0.717) is 17.3 Å². The van der Waals surface area contributed by atoms with Gasteiger partial charge in [0.05, 0.1) is 6.21 Å². The van der Waals surface area contributed by atoms with E-state index in [0.717, 1.165) is 26.9 Å². The minimum atomic E-state index is -0.458. The van der Waals surface area contributed by atoms with Crippen LogP contribution in [0.5, 0.6) is 17.2 Å².